The van der Waals surface area contributed by atoms with Gasteiger partial charge in [-0.1, -0.05) is 0 Å². The smallest absolute Gasteiger partial charge is 0.368 e. The van der Waals surface area contributed by atoms with Gasteiger partial charge in [0.05, 0.1) is 0 Å². The van der Waals surface area contributed by atoms with Gasteiger partial charge >= 0.3 is 6.18 Å². The summed E-state index contributed by atoms with van der Waals surface area (Å²) < 4.78 is 39.3. The third kappa shape index (κ3) is 3.07. The molecule has 1 saturated carbocycles. The summed E-state index contributed by atoms with van der Waals surface area (Å²) in [5.74, 6) is 0.845. The second kappa shape index (κ2) is 5.36. The van der Waals surface area contributed by atoms with Crippen molar-refractivity contribution in [3.8, 4) is 0 Å². The minimum atomic E-state index is -4.46. The molecule has 0 spiro atoms. The van der Waals surface area contributed by atoms with Crippen LogP contribution in [0.2, 0.25) is 0 Å². The lowest BCUT2D eigenvalue weighted by molar-refractivity contribution is -0.141. The molecule has 0 bridgehead atoms. The van der Waals surface area contributed by atoms with Crippen LogP contribution in [0.4, 0.5) is 19.0 Å². The summed E-state index contributed by atoms with van der Waals surface area (Å²) >= 11 is 6.05. The second-order valence-electron chi connectivity index (χ2n) is 5.29. The summed E-state index contributed by atoms with van der Waals surface area (Å²) in [5.41, 5.74) is -0.592. The molecule has 1 aliphatic carbocycles. The average Bonchev–Trinajstić information content (AvgIpc) is 3.01. The molecule has 1 fully saturated rings. The molecule has 0 amide bonds. The lowest BCUT2D eigenvalue weighted by Gasteiger charge is -2.11. The van der Waals surface area contributed by atoms with Gasteiger partial charge in [0, 0.05) is 30.4 Å². The van der Waals surface area contributed by atoms with Crippen LogP contribution in [0.1, 0.15) is 25.0 Å². The van der Waals surface area contributed by atoms with Crippen molar-refractivity contribution >= 4 is 22.9 Å². The molecule has 2 aromatic heterocycles. The van der Waals surface area contributed by atoms with E-state index in [4.69, 9.17) is 11.6 Å². The Morgan fingerprint density at radius 1 is 1.38 bits per heavy atom. The molecule has 0 aromatic carbocycles. The number of hydrogen-bond acceptors (Lipinski definition) is 3. The number of nitrogens with one attached hydrogen (secondary N) is 1. The van der Waals surface area contributed by atoms with Gasteiger partial charge in [-0.25, -0.2) is 9.50 Å². The second-order valence-corrected chi connectivity index (χ2v) is 5.91. The van der Waals surface area contributed by atoms with Crippen molar-refractivity contribution in [3.05, 3.63) is 24.2 Å². The number of nitrogens with zero attached hydrogens (tertiary/aromatic N) is 3. The fourth-order valence-corrected chi connectivity index (χ4v) is 3.02. The van der Waals surface area contributed by atoms with Crippen LogP contribution >= 0.6 is 11.6 Å². The number of anilines is 1. The van der Waals surface area contributed by atoms with Gasteiger partial charge in [0.25, 0.3) is 0 Å². The van der Waals surface area contributed by atoms with E-state index >= 15 is 0 Å². The maximum Gasteiger partial charge on any atom is 0.435 e. The first kappa shape index (κ1) is 14.4. The molecule has 21 heavy (non-hydrogen) atoms. The molecule has 8 heteroatoms. The fourth-order valence-electron chi connectivity index (χ4n) is 2.64. The van der Waals surface area contributed by atoms with Crippen LogP contribution in [0, 0.1) is 5.92 Å². The molecule has 0 aliphatic heterocycles. The predicted octanol–water partition coefficient (Wildman–Crippen LogP) is 3.57. The van der Waals surface area contributed by atoms with Gasteiger partial charge in [-0.15, -0.1) is 11.6 Å². The molecule has 114 valence electrons. The van der Waals surface area contributed by atoms with Crippen LogP contribution in [-0.4, -0.2) is 26.5 Å². The minimum absolute atomic E-state index is 0.201. The zero-order chi connectivity index (χ0) is 15.0. The Hall–Kier alpha value is -1.50. The summed E-state index contributed by atoms with van der Waals surface area (Å²) in [6, 6.07) is 1.01. The molecule has 1 aliphatic rings. The van der Waals surface area contributed by atoms with E-state index in [9.17, 15) is 13.2 Å². The average molecular weight is 319 g/mol. The Balaban J connectivity index is 1.80. The maximum absolute atomic E-state index is 12.7. The van der Waals surface area contributed by atoms with E-state index in [0.29, 0.717) is 23.8 Å². The topological polar surface area (TPSA) is 42.2 Å². The van der Waals surface area contributed by atoms with Crippen molar-refractivity contribution in [2.75, 3.05) is 11.9 Å². The summed E-state index contributed by atoms with van der Waals surface area (Å²) in [5, 5.41) is 6.85. The van der Waals surface area contributed by atoms with Gasteiger partial charge in [-0.2, -0.15) is 18.3 Å². The van der Waals surface area contributed by atoms with E-state index in [1.807, 2.05) is 0 Å². The number of hydrogen-bond donors (Lipinski definition) is 1. The van der Waals surface area contributed by atoms with Crippen LogP contribution in [0.5, 0.6) is 0 Å². The summed E-state index contributed by atoms with van der Waals surface area (Å²) in [7, 11) is 0. The highest BCUT2D eigenvalue weighted by molar-refractivity contribution is 6.20. The van der Waals surface area contributed by atoms with Crippen molar-refractivity contribution in [2.45, 2.75) is 30.8 Å². The normalized spacial score (nSPS) is 22.9. The molecule has 2 unspecified atom stereocenters. The summed E-state index contributed by atoms with van der Waals surface area (Å²) in [6.45, 7) is 0.655. The minimum Gasteiger partial charge on any atom is -0.368 e. The number of rotatable bonds is 3. The highest BCUT2D eigenvalue weighted by Crippen LogP contribution is 2.31. The van der Waals surface area contributed by atoms with E-state index in [0.717, 1.165) is 25.3 Å². The molecule has 2 heterocycles. The molecule has 2 aromatic rings. The quantitative estimate of drug-likeness (QED) is 0.880. The predicted molar refractivity (Wildman–Crippen MR) is 73.5 cm³/mol. The number of aromatic nitrogens is 3. The lowest BCUT2D eigenvalue weighted by Crippen LogP contribution is -2.13. The summed E-state index contributed by atoms with van der Waals surface area (Å²) in [4.78, 5) is 4.11. The van der Waals surface area contributed by atoms with Crippen LogP contribution in [0.15, 0.2) is 18.5 Å². The van der Waals surface area contributed by atoms with E-state index in [2.05, 4.69) is 15.4 Å². The highest BCUT2D eigenvalue weighted by atomic mass is 35.5. The molecule has 0 radical (unpaired) electrons. The van der Waals surface area contributed by atoms with Crippen molar-refractivity contribution in [1.29, 1.82) is 0 Å². The van der Waals surface area contributed by atoms with Crippen molar-refractivity contribution in [1.82, 2.24) is 14.6 Å². The third-order valence-corrected chi connectivity index (χ3v) is 4.11. The fraction of sp³-hybridized carbons (Fsp3) is 0.538. The van der Waals surface area contributed by atoms with Crippen LogP contribution in [-0.2, 0) is 6.18 Å². The molecule has 2 atom stereocenters. The van der Waals surface area contributed by atoms with Crippen LogP contribution in [0.3, 0.4) is 0 Å². The maximum atomic E-state index is 12.7. The molecule has 0 saturated heterocycles. The molecule has 1 N–H and O–H groups in total. The first-order valence-electron chi connectivity index (χ1n) is 6.73. The Labute approximate surface area is 124 Å². The van der Waals surface area contributed by atoms with E-state index in [1.165, 1.54) is 16.9 Å². The largest absolute Gasteiger partial charge is 0.435 e. The zero-order valence-electron chi connectivity index (χ0n) is 11.1. The van der Waals surface area contributed by atoms with Gasteiger partial charge < -0.3 is 5.32 Å². The Kier molecular flexibility index (Phi) is 3.69. The SMILES string of the molecule is FC(F)(F)c1cc2c(NCC3CCC(Cl)C3)nccn2n1. The molecular formula is C13H14ClF3N4. The number of alkyl halides is 4. The first-order valence-corrected chi connectivity index (χ1v) is 7.16. The van der Waals surface area contributed by atoms with E-state index < -0.39 is 11.9 Å². The Bertz CT molecular complexity index is 640. The van der Waals surface area contributed by atoms with Crippen LogP contribution in [0.25, 0.3) is 5.52 Å². The van der Waals surface area contributed by atoms with Gasteiger partial charge in [0.15, 0.2) is 11.5 Å². The van der Waals surface area contributed by atoms with E-state index in [1.54, 1.807) is 0 Å². The van der Waals surface area contributed by atoms with Gasteiger partial charge in [0.2, 0.25) is 0 Å². The van der Waals surface area contributed by atoms with Crippen LogP contribution < -0.4 is 5.32 Å². The third-order valence-electron chi connectivity index (χ3n) is 3.72. The molecule has 3 rings (SSSR count). The van der Waals surface area contributed by atoms with Gasteiger partial charge in [-0.05, 0) is 25.2 Å². The van der Waals surface area contributed by atoms with Crippen molar-refractivity contribution in [3.63, 3.8) is 0 Å². The standard InChI is InChI=1S/C13H14ClF3N4/c14-9-2-1-8(5-9)7-19-12-10-6-11(13(15,16)17)20-21(10)4-3-18-12/h3-4,6,8-9H,1-2,5,7H2,(H,18,19). The van der Waals surface area contributed by atoms with Crippen molar-refractivity contribution in [2.24, 2.45) is 5.92 Å². The molecular weight excluding hydrogens is 305 g/mol. The monoisotopic (exact) mass is 318 g/mol. The zero-order valence-corrected chi connectivity index (χ0v) is 11.8. The first-order chi connectivity index (χ1) is 9.93. The van der Waals surface area contributed by atoms with Gasteiger partial charge in [-0.3, -0.25) is 0 Å². The summed E-state index contributed by atoms with van der Waals surface area (Å²) in [6.07, 6.45) is 1.31. The van der Waals surface area contributed by atoms with E-state index in [-0.39, 0.29) is 5.38 Å². The Morgan fingerprint density at radius 3 is 2.86 bits per heavy atom. The number of halogens is 4. The number of fused-ring (bicyclic) bond motifs is 1. The highest BCUT2D eigenvalue weighted by Gasteiger charge is 2.34. The Morgan fingerprint density at radius 2 is 2.19 bits per heavy atom. The molecule has 4 nitrogen and oxygen atoms in total. The van der Waals surface area contributed by atoms with Gasteiger partial charge in [0.1, 0.15) is 5.52 Å². The van der Waals surface area contributed by atoms with Crippen molar-refractivity contribution < 1.29 is 13.2 Å². The lowest BCUT2D eigenvalue weighted by atomic mass is 10.1.